The molecule has 1 fully saturated rings. The first kappa shape index (κ1) is 26.5. The summed E-state index contributed by atoms with van der Waals surface area (Å²) >= 11 is 0. The van der Waals surface area contributed by atoms with Crippen molar-refractivity contribution >= 4 is 17.7 Å². The molecule has 1 aliphatic rings. The van der Waals surface area contributed by atoms with Gasteiger partial charge in [-0.05, 0) is 65.5 Å². The predicted molar refractivity (Wildman–Crippen MR) is 136 cm³/mol. The molecule has 8 heteroatoms. The Morgan fingerprint density at radius 1 is 1.30 bits per heavy atom. The highest BCUT2D eigenvalue weighted by molar-refractivity contribution is 6.03. The van der Waals surface area contributed by atoms with Crippen molar-refractivity contribution in [2.75, 3.05) is 32.5 Å². The van der Waals surface area contributed by atoms with Crippen LogP contribution in [0.15, 0.2) is 35.1 Å². The lowest BCUT2D eigenvalue weighted by molar-refractivity contribution is 0.0295. The van der Waals surface area contributed by atoms with Gasteiger partial charge in [0.1, 0.15) is 17.3 Å². The molecular formula is C25H42N6O2. The second-order valence-corrected chi connectivity index (χ2v) is 9.63. The van der Waals surface area contributed by atoms with Crippen molar-refractivity contribution in [2.45, 2.75) is 78.2 Å². The van der Waals surface area contributed by atoms with Crippen molar-refractivity contribution in [2.24, 2.45) is 4.99 Å². The van der Waals surface area contributed by atoms with Gasteiger partial charge in [0.15, 0.2) is 5.82 Å². The number of aromatic amines is 1. The van der Waals surface area contributed by atoms with Gasteiger partial charge < -0.3 is 19.9 Å². The minimum absolute atomic E-state index is 0.297. The zero-order valence-corrected chi connectivity index (χ0v) is 21.4. The Bertz CT molecular complexity index is 845. The van der Waals surface area contributed by atoms with Gasteiger partial charge in [-0.15, -0.1) is 0 Å². The summed E-state index contributed by atoms with van der Waals surface area (Å²) in [7, 11) is 3.80. The van der Waals surface area contributed by atoms with Gasteiger partial charge in [0.2, 0.25) is 0 Å². The molecule has 0 aliphatic heterocycles. The second-order valence-electron chi connectivity index (χ2n) is 9.63. The summed E-state index contributed by atoms with van der Waals surface area (Å²) in [5.74, 6) is 3.05. The van der Waals surface area contributed by atoms with Gasteiger partial charge in [-0.2, -0.15) is 5.10 Å². The largest absolute Gasteiger partial charge is 0.444 e. The van der Waals surface area contributed by atoms with Crippen LogP contribution in [0.4, 0.5) is 10.6 Å². The highest BCUT2D eigenvalue weighted by Gasteiger charge is 2.25. The molecule has 0 saturated heterocycles. The third kappa shape index (κ3) is 9.72. The summed E-state index contributed by atoms with van der Waals surface area (Å²) in [6.45, 7) is 11.1. The van der Waals surface area contributed by atoms with E-state index in [9.17, 15) is 4.79 Å². The third-order valence-electron chi connectivity index (χ3n) is 5.13. The van der Waals surface area contributed by atoms with Crippen LogP contribution in [-0.4, -0.2) is 64.7 Å². The molecule has 2 rings (SSSR count). The SMILES string of the molecule is C\C=C/C(=N\C(=C\CCC)N(C)CCCN(C)C(=O)OC(C)(C)C)Nc1cc(C2CC2)[nH]n1. The van der Waals surface area contributed by atoms with Gasteiger partial charge in [0.05, 0.1) is 0 Å². The maximum atomic E-state index is 12.2. The van der Waals surface area contributed by atoms with Crippen molar-refractivity contribution in [3.63, 3.8) is 0 Å². The monoisotopic (exact) mass is 458 g/mol. The molecule has 1 heterocycles. The van der Waals surface area contributed by atoms with E-state index in [1.54, 1.807) is 11.9 Å². The molecule has 2 N–H and O–H groups in total. The topological polar surface area (TPSA) is 85.9 Å². The Morgan fingerprint density at radius 2 is 2.00 bits per heavy atom. The molecule has 0 atom stereocenters. The van der Waals surface area contributed by atoms with Crippen LogP contribution in [-0.2, 0) is 4.74 Å². The summed E-state index contributed by atoms with van der Waals surface area (Å²) < 4.78 is 5.43. The maximum absolute atomic E-state index is 12.2. The molecule has 1 aromatic heterocycles. The van der Waals surface area contributed by atoms with Crippen LogP contribution >= 0.6 is 0 Å². The van der Waals surface area contributed by atoms with E-state index in [0.717, 1.165) is 43.3 Å². The molecule has 0 radical (unpaired) electrons. The van der Waals surface area contributed by atoms with E-state index in [1.165, 1.54) is 18.5 Å². The van der Waals surface area contributed by atoms with Crippen molar-refractivity contribution in [1.29, 1.82) is 0 Å². The molecule has 1 amide bonds. The summed E-state index contributed by atoms with van der Waals surface area (Å²) in [5, 5.41) is 10.9. The molecule has 1 saturated carbocycles. The summed E-state index contributed by atoms with van der Waals surface area (Å²) in [6.07, 6.45) is 11.0. The number of nitrogens with zero attached hydrogens (tertiary/aromatic N) is 4. The standard InChI is InChI=1S/C25H42N6O2/c1-8-10-13-23(30(6)16-11-17-31(7)24(32)33-25(3,4)5)27-21(12-9-2)26-22-18-20(28-29-22)19-14-15-19/h9,12-13,18-19H,8,10-11,14-17H2,1-7H3,(H2,26,27,28,29)/b12-9-,23-13-. The Labute approximate surface area is 199 Å². The lowest BCUT2D eigenvalue weighted by Gasteiger charge is -2.26. The van der Waals surface area contributed by atoms with E-state index < -0.39 is 5.60 Å². The van der Waals surface area contributed by atoms with E-state index in [0.29, 0.717) is 12.5 Å². The van der Waals surface area contributed by atoms with Gasteiger partial charge in [0, 0.05) is 44.9 Å². The number of allylic oxidation sites excluding steroid dienone is 2. The fraction of sp³-hybridized carbons (Fsp3) is 0.640. The maximum Gasteiger partial charge on any atom is 0.410 e. The fourth-order valence-corrected chi connectivity index (χ4v) is 3.17. The molecule has 0 bridgehead atoms. The number of hydrogen-bond acceptors (Lipinski definition) is 5. The number of ether oxygens (including phenoxy) is 1. The highest BCUT2D eigenvalue weighted by atomic mass is 16.6. The fourth-order valence-electron chi connectivity index (χ4n) is 3.17. The summed E-state index contributed by atoms with van der Waals surface area (Å²) in [5.41, 5.74) is 0.696. The molecule has 1 aliphatic carbocycles. The lowest BCUT2D eigenvalue weighted by atomic mass is 10.2. The number of H-pyrrole nitrogens is 1. The van der Waals surface area contributed by atoms with Gasteiger partial charge in [-0.1, -0.05) is 19.4 Å². The first-order valence-electron chi connectivity index (χ1n) is 12.0. The van der Waals surface area contributed by atoms with Crippen LogP contribution in [0.3, 0.4) is 0 Å². The number of aliphatic imine (C=N–C) groups is 1. The van der Waals surface area contributed by atoms with E-state index in [4.69, 9.17) is 9.73 Å². The van der Waals surface area contributed by atoms with Crippen LogP contribution in [0.2, 0.25) is 0 Å². The van der Waals surface area contributed by atoms with Gasteiger partial charge in [0.25, 0.3) is 0 Å². The smallest absolute Gasteiger partial charge is 0.410 e. The van der Waals surface area contributed by atoms with Crippen LogP contribution in [0.1, 0.15) is 78.3 Å². The quantitative estimate of drug-likeness (QED) is 0.338. The van der Waals surface area contributed by atoms with Gasteiger partial charge >= 0.3 is 6.09 Å². The number of carbonyl (C=O) groups excluding carboxylic acids is 1. The number of anilines is 1. The van der Waals surface area contributed by atoms with E-state index in [-0.39, 0.29) is 6.09 Å². The minimum Gasteiger partial charge on any atom is -0.444 e. The first-order valence-corrected chi connectivity index (χ1v) is 12.0. The number of rotatable bonds is 11. The number of nitrogens with one attached hydrogen (secondary N) is 2. The summed E-state index contributed by atoms with van der Waals surface area (Å²) in [6, 6.07) is 2.07. The number of aromatic nitrogens is 2. The number of amidine groups is 1. The van der Waals surface area contributed by atoms with Crippen LogP contribution in [0.25, 0.3) is 0 Å². The minimum atomic E-state index is -0.489. The molecule has 1 aromatic rings. The number of amides is 1. The molecule has 8 nitrogen and oxygen atoms in total. The number of carbonyl (C=O) groups is 1. The first-order chi connectivity index (χ1) is 15.6. The molecule has 184 valence electrons. The van der Waals surface area contributed by atoms with Gasteiger partial charge in [-0.3, -0.25) is 5.10 Å². The average Bonchev–Trinajstić information content (AvgIpc) is 3.48. The normalized spacial score (nSPS) is 15.1. The summed E-state index contributed by atoms with van der Waals surface area (Å²) in [4.78, 5) is 20.8. The van der Waals surface area contributed by atoms with E-state index in [1.807, 2.05) is 46.9 Å². The van der Waals surface area contributed by atoms with E-state index >= 15 is 0 Å². The Balaban J connectivity index is 2.00. The molecule has 0 aromatic carbocycles. The second kappa shape index (κ2) is 12.5. The molecule has 33 heavy (non-hydrogen) atoms. The van der Waals surface area contributed by atoms with Crippen molar-refractivity contribution < 1.29 is 9.53 Å². The van der Waals surface area contributed by atoms with Crippen molar-refractivity contribution in [3.05, 3.63) is 35.8 Å². The van der Waals surface area contributed by atoms with Gasteiger partial charge in [-0.25, -0.2) is 9.79 Å². The van der Waals surface area contributed by atoms with Crippen LogP contribution < -0.4 is 5.32 Å². The lowest BCUT2D eigenvalue weighted by Crippen LogP contribution is -2.35. The Kier molecular flexibility index (Phi) is 10.0. The van der Waals surface area contributed by atoms with Crippen molar-refractivity contribution in [1.82, 2.24) is 20.0 Å². The highest BCUT2D eigenvalue weighted by Crippen LogP contribution is 2.39. The third-order valence-corrected chi connectivity index (χ3v) is 5.13. The van der Waals surface area contributed by atoms with Crippen LogP contribution in [0, 0.1) is 0 Å². The van der Waals surface area contributed by atoms with E-state index in [2.05, 4.69) is 39.5 Å². The zero-order chi connectivity index (χ0) is 24.4. The van der Waals surface area contributed by atoms with Crippen molar-refractivity contribution in [3.8, 4) is 0 Å². The van der Waals surface area contributed by atoms with Crippen LogP contribution in [0.5, 0.6) is 0 Å². The molecular weight excluding hydrogens is 416 g/mol. The zero-order valence-electron chi connectivity index (χ0n) is 21.4. The number of unbranched alkanes of at least 4 members (excludes halogenated alkanes) is 1. The predicted octanol–water partition coefficient (Wildman–Crippen LogP) is 5.50. The molecule has 0 spiro atoms. The number of hydrogen-bond donors (Lipinski definition) is 2. The Hall–Kier alpha value is -2.77. The molecule has 0 unspecified atom stereocenters. The average molecular weight is 459 g/mol. The Morgan fingerprint density at radius 3 is 2.61 bits per heavy atom.